The number of hydrogen-bond acceptors (Lipinski definition) is 3. The maximum absolute atomic E-state index is 12.5. The molecule has 2 aromatic rings. The number of benzene rings is 1. The van der Waals surface area contributed by atoms with Crippen molar-refractivity contribution in [3.8, 4) is 0 Å². The molecular weight excluding hydrogens is 328 g/mol. The standard InChI is InChI=1S/C20H26N4O2/c1-22(20(26)16-23-11-7-3-6-10-19(23)25)13-18-12-21-24(15-18)14-17-8-4-2-5-9-17/h2,4-5,8-9,12,15H,3,6-7,10-11,13-14,16H2,1H3. The molecule has 1 aromatic carbocycles. The average molecular weight is 354 g/mol. The van der Waals surface area contributed by atoms with E-state index in [1.165, 1.54) is 5.56 Å². The second-order valence-corrected chi connectivity index (χ2v) is 6.91. The highest BCUT2D eigenvalue weighted by Crippen LogP contribution is 2.12. The summed E-state index contributed by atoms with van der Waals surface area (Å²) in [6.07, 6.45) is 7.29. The van der Waals surface area contributed by atoms with E-state index in [0.717, 1.165) is 24.8 Å². The molecule has 6 heteroatoms. The molecular formula is C20H26N4O2. The third-order valence-electron chi connectivity index (χ3n) is 4.72. The van der Waals surface area contributed by atoms with Crippen molar-refractivity contribution in [3.05, 3.63) is 53.9 Å². The molecule has 0 aliphatic carbocycles. The highest BCUT2D eigenvalue weighted by Gasteiger charge is 2.21. The molecule has 0 bridgehead atoms. The molecule has 0 atom stereocenters. The van der Waals surface area contributed by atoms with Crippen LogP contribution in [0.15, 0.2) is 42.7 Å². The van der Waals surface area contributed by atoms with Crippen molar-refractivity contribution in [2.24, 2.45) is 0 Å². The minimum atomic E-state index is -0.0314. The highest BCUT2D eigenvalue weighted by atomic mass is 16.2. The number of carbonyl (C=O) groups excluding carboxylic acids is 2. The van der Waals surface area contributed by atoms with Gasteiger partial charge in [-0.1, -0.05) is 36.8 Å². The Kier molecular flexibility index (Phi) is 6.04. The highest BCUT2D eigenvalue weighted by molar-refractivity contribution is 5.84. The first-order chi connectivity index (χ1) is 12.6. The van der Waals surface area contributed by atoms with E-state index >= 15 is 0 Å². The zero-order chi connectivity index (χ0) is 18.4. The number of aromatic nitrogens is 2. The van der Waals surface area contributed by atoms with Crippen LogP contribution in [-0.2, 0) is 22.7 Å². The first-order valence-electron chi connectivity index (χ1n) is 9.19. The van der Waals surface area contributed by atoms with Crippen molar-refractivity contribution in [3.63, 3.8) is 0 Å². The number of hydrogen-bond donors (Lipinski definition) is 0. The predicted molar refractivity (Wildman–Crippen MR) is 99.3 cm³/mol. The SMILES string of the molecule is CN(Cc1cnn(Cc2ccccc2)c1)C(=O)CN1CCCCCC1=O. The van der Waals surface area contributed by atoms with Crippen molar-refractivity contribution < 1.29 is 9.59 Å². The minimum Gasteiger partial charge on any atom is -0.340 e. The van der Waals surface area contributed by atoms with Crippen molar-refractivity contribution in [1.29, 1.82) is 0 Å². The van der Waals surface area contributed by atoms with Crippen LogP contribution in [0.4, 0.5) is 0 Å². The molecule has 0 unspecified atom stereocenters. The number of likely N-dealkylation sites (tertiary alicyclic amines) is 1. The molecule has 0 spiro atoms. The van der Waals surface area contributed by atoms with E-state index in [4.69, 9.17) is 0 Å². The Balaban J connectivity index is 1.53. The fraction of sp³-hybridized carbons (Fsp3) is 0.450. The Bertz CT molecular complexity index is 741. The molecule has 3 rings (SSSR count). The summed E-state index contributed by atoms with van der Waals surface area (Å²) in [5.74, 6) is 0.0657. The van der Waals surface area contributed by atoms with E-state index in [1.807, 2.05) is 29.1 Å². The molecule has 26 heavy (non-hydrogen) atoms. The molecule has 1 fully saturated rings. The van der Waals surface area contributed by atoms with Gasteiger partial charge >= 0.3 is 0 Å². The summed E-state index contributed by atoms with van der Waals surface area (Å²) >= 11 is 0. The van der Waals surface area contributed by atoms with Gasteiger partial charge in [-0.15, -0.1) is 0 Å². The van der Waals surface area contributed by atoms with Crippen LogP contribution in [0, 0.1) is 0 Å². The van der Waals surface area contributed by atoms with Gasteiger partial charge in [0.15, 0.2) is 0 Å². The lowest BCUT2D eigenvalue weighted by Gasteiger charge is -2.23. The van der Waals surface area contributed by atoms with Crippen LogP contribution in [0.5, 0.6) is 0 Å². The fourth-order valence-electron chi connectivity index (χ4n) is 3.20. The van der Waals surface area contributed by atoms with Crippen molar-refractivity contribution >= 4 is 11.8 Å². The molecule has 6 nitrogen and oxygen atoms in total. The maximum Gasteiger partial charge on any atom is 0.242 e. The van der Waals surface area contributed by atoms with Gasteiger partial charge in [0.2, 0.25) is 11.8 Å². The van der Waals surface area contributed by atoms with Gasteiger partial charge in [0.25, 0.3) is 0 Å². The molecule has 2 heterocycles. The minimum absolute atomic E-state index is 0.0314. The number of likely N-dealkylation sites (N-methyl/N-ethyl adjacent to an activating group) is 1. The lowest BCUT2D eigenvalue weighted by molar-refractivity contribution is -0.139. The molecule has 1 aliphatic rings. The molecule has 1 aliphatic heterocycles. The van der Waals surface area contributed by atoms with Gasteiger partial charge in [-0.3, -0.25) is 14.3 Å². The Labute approximate surface area is 154 Å². The van der Waals surface area contributed by atoms with E-state index in [1.54, 1.807) is 23.0 Å². The first kappa shape index (κ1) is 18.2. The van der Waals surface area contributed by atoms with E-state index in [9.17, 15) is 9.59 Å². The summed E-state index contributed by atoms with van der Waals surface area (Å²) in [6, 6.07) is 10.1. The molecule has 2 amide bonds. The average Bonchev–Trinajstić information content (AvgIpc) is 2.97. The normalized spacial score (nSPS) is 15.0. The fourth-order valence-corrected chi connectivity index (χ4v) is 3.20. The van der Waals surface area contributed by atoms with Crippen molar-refractivity contribution in [2.75, 3.05) is 20.1 Å². The zero-order valence-corrected chi connectivity index (χ0v) is 15.3. The van der Waals surface area contributed by atoms with Crippen LogP contribution < -0.4 is 0 Å². The topological polar surface area (TPSA) is 58.4 Å². The van der Waals surface area contributed by atoms with Gasteiger partial charge in [0, 0.05) is 38.3 Å². The molecule has 0 N–H and O–H groups in total. The van der Waals surface area contributed by atoms with Gasteiger partial charge < -0.3 is 9.80 Å². The Hall–Kier alpha value is -2.63. The van der Waals surface area contributed by atoms with Crippen LogP contribution in [0.2, 0.25) is 0 Å². The summed E-state index contributed by atoms with van der Waals surface area (Å²) in [5, 5.41) is 4.38. The number of rotatable bonds is 6. The lowest BCUT2D eigenvalue weighted by Crippen LogP contribution is -2.41. The molecule has 0 radical (unpaired) electrons. The first-order valence-corrected chi connectivity index (χ1v) is 9.19. The summed E-state index contributed by atoms with van der Waals surface area (Å²) in [5.41, 5.74) is 2.17. The molecule has 1 aromatic heterocycles. The van der Waals surface area contributed by atoms with Crippen molar-refractivity contribution in [2.45, 2.75) is 38.8 Å². The second kappa shape index (κ2) is 8.65. The summed E-state index contributed by atoms with van der Waals surface area (Å²) < 4.78 is 1.88. The van der Waals surface area contributed by atoms with E-state index in [0.29, 0.717) is 26.1 Å². The molecule has 138 valence electrons. The van der Waals surface area contributed by atoms with Gasteiger partial charge in [0.05, 0.1) is 19.3 Å². The molecule has 0 saturated carbocycles. The Morgan fingerprint density at radius 2 is 1.96 bits per heavy atom. The second-order valence-electron chi connectivity index (χ2n) is 6.91. The smallest absolute Gasteiger partial charge is 0.242 e. The lowest BCUT2D eigenvalue weighted by atomic mass is 10.2. The summed E-state index contributed by atoms with van der Waals surface area (Å²) in [7, 11) is 1.78. The van der Waals surface area contributed by atoms with Gasteiger partial charge in [-0.25, -0.2) is 0 Å². The Morgan fingerprint density at radius 3 is 2.77 bits per heavy atom. The van der Waals surface area contributed by atoms with Gasteiger partial charge in [0.1, 0.15) is 0 Å². The van der Waals surface area contributed by atoms with E-state index in [-0.39, 0.29) is 18.4 Å². The number of amides is 2. The van der Waals surface area contributed by atoms with E-state index in [2.05, 4.69) is 17.2 Å². The van der Waals surface area contributed by atoms with Crippen LogP contribution in [0.3, 0.4) is 0 Å². The van der Waals surface area contributed by atoms with E-state index < -0.39 is 0 Å². The van der Waals surface area contributed by atoms with Crippen LogP contribution in [0.1, 0.15) is 36.8 Å². The quantitative estimate of drug-likeness (QED) is 0.800. The molecule has 1 saturated heterocycles. The van der Waals surface area contributed by atoms with Crippen LogP contribution in [0.25, 0.3) is 0 Å². The third kappa shape index (κ3) is 4.94. The summed E-state index contributed by atoms with van der Waals surface area (Å²) in [6.45, 7) is 2.07. The zero-order valence-electron chi connectivity index (χ0n) is 15.3. The Morgan fingerprint density at radius 1 is 1.15 bits per heavy atom. The van der Waals surface area contributed by atoms with Gasteiger partial charge in [-0.05, 0) is 18.4 Å². The summed E-state index contributed by atoms with van der Waals surface area (Å²) in [4.78, 5) is 27.9. The van der Waals surface area contributed by atoms with Gasteiger partial charge in [-0.2, -0.15) is 5.10 Å². The van der Waals surface area contributed by atoms with Crippen LogP contribution in [-0.4, -0.2) is 51.5 Å². The number of nitrogens with zero attached hydrogens (tertiary/aromatic N) is 4. The third-order valence-corrected chi connectivity index (χ3v) is 4.72. The number of carbonyl (C=O) groups is 2. The predicted octanol–water partition coefficient (Wildman–Crippen LogP) is 2.29. The monoisotopic (exact) mass is 354 g/mol. The largest absolute Gasteiger partial charge is 0.340 e. The van der Waals surface area contributed by atoms with Crippen molar-refractivity contribution in [1.82, 2.24) is 19.6 Å². The maximum atomic E-state index is 12.5. The van der Waals surface area contributed by atoms with Crippen LogP contribution >= 0.6 is 0 Å².